The van der Waals surface area contributed by atoms with Crippen molar-refractivity contribution in [3.05, 3.63) is 18.3 Å². The summed E-state index contributed by atoms with van der Waals surface area (Å²) in [7, 11) is 0. The highest BCUT2D eigenvalue weighted by atomic mass is 19.1. The maximum absolute atomic E-state index is 12.9. The lowest BCUT2D eigenvalue weighted by atomic mass is 10.1. The Balaban J connectivity index is 2.23. The van der Waals surface area contributed by atoms with E-state index < -0.39 is 6.17 Å². The fourth-order valence-corrected chi connectivity index (χ4v) is 1.92. The second-order valence-corrected chi connectivity index (χ2v) is 4.68. The molecule has 0 saturated heterocycles. The molecule has 2 rings (SSSR count). The molecule has 20 heavy (non-hydrogen) atoms. The number of fused-ring (bicyclic) bond motifs is 1. The number of nitrogens with zero attached hydrogens (tertiary/aromatic N) is 3. The molecule has 2 atom stereocenters. The number of aromatic nitrogens is 3. The second-order valence-electron chi connectivity index (χ2n) is 4.68. The van der Waals surface area contributed by atoms with Crippen molar-refractivity contribution >= 4 is 22.8 Å². The molecule has 2 heterocycles. The number of pyridine rings is 1. The Bertz CT molecular complexity index is 578. The maximum Gasteiger partial charge on any atom is 0.222 e. The first-order valence-electron chi connectivity index (χ1n) is 6.50. The number of hydrogen-bond donors (Lipinski definition) is 3. The van der Waals surface area contributed by atoms with Crippen LogP contribution in [0.4, 0.5) is 16.2 Å². The highest BCUT2D eigenvalue weighted by Gasteiger charge is 2.14. The Morgan fingerprint density at radius 1 is 1.40 bits per heavy atom. The smallest absolute Gasteiger partial charge is 0.222 e. The summed E-state index contributed by atoms with van der Waals surface area (Å²) in [6.07, 6.45) is 1.58. The van der Waals surface area contributed by atoms with Gasteiger partial charge in [-0.15, -0.1) is 0 Å². The summed E-state index contributed by atoms with van der Waals surface area (Å²) in [4.78, 5) is 12.4. The molecule has 0 radical (unpaired) electrons. The van der Waals surface area contributed by atoms with Gasteiger partial charge in [-0.2, -0.15) is 4.98 Å². The zero-order chi connectivity index (χ0) is 14.5. The molecule has 0 aliphatic rings. The van der Waals surface area contributed by atoms with Gasteiger partial charge in [0.05, 0.1) is 24.3 Å². The van der Waals surface area contributed by atoms with E-state index in [9.17, 15) is 9.50 Å². The Morgan fingerprint density at radius 3 is 2.90 bits per heavy atom. The van der Waals surface area contributed by atoms with Crippen LogP contribution in [0, 0.1) is 0 Å². The maximum atomic E-state index is 12.9. The molecule has 6 nitrogen and oxygen atoms in total. The van der Waals surface area contributed by atoms with Gasteiger partial charge in [-0.1, -0.05) is 0 Å². The van der Waals surface area contributed by atoms with Crippen molar-refractivity contribution in [2.24, 2.45) is 0 Å². The predicted octanol–water partition coefficient (Wildman–Crippen LogP) is 1.52. The number of rotatable bonds is 6. The number of aliphatic hydroxyl groups is 1. The van der Waals surface area contributed by atoms with Crippen LogP contribution in [0.25, 0.3) is 11.0 Å². The largest absolute Gasteiger partial charge is 0.394 e. The van der Waals surface area contributed by atoms with Crippen molar-refractivity contribution in [1.29, 1.82) is 0 Å². The summed E-state index contributed by atoms with van der Waals surface area (Å²) in [6.45, 7) is 1.37. The number of alkyl halides is 1. The minimum atomic E-state index is -0.906. The molecule has 108 valence electrons. The summed E-state index contributed by atoms with van der Waals surface area (Å²) in [5.41, 5.74) is 6.85. The third-order valence-corrected chi connectivity index (χ3v) is 2.95. The Hall–Kier alpha value is -2.02. The monoisotopic (exact) mass is 279 g/mol. The Labute approximate surface area is 116 Å². The molecule has 0 unspecified atom stereocenters. The van der Waals surface area contributed by atoms with Crippen LogP contribution in [0.1, 0.15) is 19.8 Å². The van der Waals surface area contributed by atoms with Gasteiger partial charge in [0.15, 0.2) is 5.82 Å². The van der Waals surface area contributed by atoms with E-state index in [1.54, 1.807) is 18.3 Å². The van der Waals surface area contributed by atoms with Gasteiger partial charge in [0, 0.05) is 6.20 Å². The first kappa shape index (κ1) is 14.4. The summed E-state index contributed by atoms with van der Waals surface area (Å²) in [5.74, 6) is 0.585. The van der Waals surface area contributed by atoms with Gasteiger partial charge in [0.1, 0.15) is 5.52 Å². The van der Waals surface area contributed by atoms with Crippen molar-refractivity contribution in [3.63, 3.8) is 0 Å². The van der Waals surface area contributed by atoms with E-state index in [1.807, 2.05) is 0 Å². The van der Waals surface area contributed by atoms with Gasteiger partial charge in [0.25, 0.3) is 0 Å². The van der Waals surface area contributed by atoms with Crippen LogP contribution in [0.5, 0.6) is 0 Å². The number of nitrogens with two attached hydrogens (primary N) is 1. The lowest BCUT2D eigenvalue weighted by Gasteiger charge is -2.18. The van der Waals surface area contributed by atoms with Crippen molar-refractivity contribution in [1.82, 2.24) is 15.0 Å². The molecule has 0 aliphatic heterocycles. The highest BCUT2D eigenvalue weighted by Crippen LogP contribution is 2.20. The fourth-order valence-electron chi connectivity index (χ4n) is 1.92. The van der Waals surface area contributed by atoms with Crippen molar-refractivity contribution in [2.45, 2.75) is 32.0 Å². The van der Waals surface area contributed by atoms with Gasteiger partial charge in [0.2, 0.25) is 5.95 Å². The number of hydrogen-bond acceptors (Lipinski definition) is 6. The minimum Gasteiger partial charge on any atom is -0.394 e. The molecular weight excluding hydrogens is 261 g/mol. The molecule has 0 amide bonds. The first-order valence-corrected chi connectivity index (χ1v) is 6.50. The summed E-state index contributed by atoms with van der Waals surface area (Å²) in [6, 6.07) is 3.24. The second kappa shape index (κ2) is 6.42. The molecule has 2 aromatic heterocycles. The standard InChI is InChI=1S/C13H18FN5O/c1-8(14)4-5-9(7-20)17-12-11-10(3-2-6-16-11)18-13(15)19-12/h2-3,6,8-9,20H,4-5,7H2,1H3,(H3,15,17,18,19)/t8-,9+/m0/s1. The van der Waals surface area contributed by atoms with Gasteiger partial charge in [-0.25, -0.2) is 9.37 Å². The van der Waals surface area contributed by atoms with Crippen LogP contribution >= 0.6 is 0 Å². The summed E-state index contributed by atoms with van der Waals surface area (Å²) < 4.78 is 12.9. The molecule has 4 N–H and O–H groups in total. The molecule has 0 aliphatic carbocycles. The number of halogens is 1. The Morgan fingerprint density at radius 2 is 2.20 bits per heavy atom. The van der Waals surface area contributed by atoms with Crippen LogP contribution in [-0.4, -0.2) is 38.9 Å². The molecule has 2 aromatic rings. The number of nitrogen functional groups attached to an aromatic ring is 1. The fraction of sp³-hybridized carbons (Fsp3) is 0.462. The van der Waals surface area contributed by atoms with Gasteiger partial charge < -0.3 is 16.2 Å². The van der Waals surface area contributed by atoms with Crippen molar-refractivity contribution in [3.8, 4) is 0 Å². The third-order valence-electron chi connectivity index (χ3n) is 2.95. The summed E-state index contributed by atoms with van der Waals surface area (Å²) in [5, 5.41) is 12.4. The Kier molecular flexibility index (Phi) is 4.62. The van der Waals surface area contributed by atoms with E-state index in [2.05, 4.69) is 20.3 Å². The van der Waals surface area contributed by atoms with E-state index in [4.69, 9.17) is 5.73 Å². The molecule has 0 aromatic carbocycles. The normalized spacial score (nSPS) is 14.2. The van der Waals surface area contributed by atoms with Crippen molar-refractivity contribution in [2.75, 3.05) is 17.7 Å². The lowest BCUT2D eigenvalue weighted by molar-refractivity contribution is 0.252. The molecular formula is C13H18FN5O. The molecule has 0 fully saturated rings. The average molecular weight is 279 g/mol. The van der Waals surface area contributed by atoms with Gasteiger partial charge in [-0.3, -0.25) is 4.98 Å². The number of aliphatic hydroxyl groups excluding tert-OH is 1. The van der Waals surface area contributed by atoms with Crippen LogP contribution in [0.2, 0.25) is 0 Å². The molecule has 0 bridgehead atoms. The van der Waals surface area contributed by atoms with Crippen LogP contribution in [0.3, 0.4) is 0 Å². The zero-order valence-electron chi connectivity index (χ0n) is 11.3. The van der Waals surface area contributed by atoms with E-state index in [0.717, 1.165) is 0 Å². The molecule has 0 spiro atoms. The number of anilines is 2. The number of nitrogens with one attached hydrogen (secondary N) is 1. The molecule has 0 saturated carbocycles. The SMILES string of the molecule is C[C@H](F)CC[C@H](CO)Nc1nc(N)nc2cccnc12. The van der Waals surface area contributed by atoms with E-state index in [1.165, 1.54) is 6.92 Å². The minimum absolute atomic E-state index is 0.120. The average Bonchev–Trinajstić information content (AvgIpc) is 2.42. The lowest BCUT2D eigenvalue weighted by Crippen LogP contribution is -2.25. The highest BCUT2D eigenvalue weighted by molar-refractivity contribution is 5.85. The van der Waals surface area contributed by atoms with Crippen LogP contribution in [-0.2, 0) is 0 Å². The van der Waals surface area contributed by atoms with Gasteiger partial charge in [-0.05, 0) is 31.9 Å². The quantitative estimate of drug-likeness (QED) is 0.741. The van der Waals surface area contributed by atoms with E-state index in [-0.39, 0.29) is 18.6 Å². The van der Waals surface area contributed by atoms with Gasteiger partial charge >= 0.3 is 0 Å². The third kappa shape index (κ3) is 3.51. The van der Waals surface area contributed by atoms with Crippen molar-refractivity contribution < 1.29 is 9.50 Å². The van der Waals surface area contributed by atoms with E-state index in [0.29, 0.717) is 29.7 Å². The molecule has 7 heteroatoms. The summed E-state index contributed by atoms with van der Waals surface area (Å²) >= 11 is 0. The van der Waals surface area contributed by atoms with Crippen LogP contribution in [0.15, 0.2) is 18.3 Å². The van der Waals surface area contributed by atoms with Crippen LogP contribution < -0.4 is 11.1 Å². The van der Waals surface area contributed by atoms with E-state index >= 15 is 0 Å². The predicted molar refractivity (Wildman–Crippen MR) is 76.0 cm³/mol. The zero-order valence-corrected chi connectivity index (χ0v) is 11.3. The topological polar surface area (TPSA) is 97.0 Å². The first-order chi connectivity index (χ1) is 9.60.